The van der Waals surface area contributed by atoms with Gasteiger partial charge in [0.25, 0.3) is 22.9 Å². The van der Waals surface area contributed by atoms with E-state index in [4.69, 9.17) is 0 Å². The SMILES string of the molecule is FC(F)(F)C(F)(F)C(F)(F)C(F)(F)C(F)(F)N1C2(F)C(F)(F)C(F)(F)C(F)(F)C(F)(F)C2(F)C2(F)C(F)(F)C(F)(F)C(F)(F)C(F)(F)C12F. The van der Waals surface area contributed by atoms with Crippen LogP contribution in [0.15, 0.2) is 0 Å². The molecule has 1 heterocycles. The molecule has 1 nitrogen and oxygen atoms in total. The van der Waals surface area contributed by atoms with E-state index in [1.54, 1.807) is 0 Å². The molecule has 0 N–H and O–H groups in total. The molecule has 0 amide bonds. The summed E-state index contributed by atoms with van der Waals surface area (Å²) in [5.74, 6) is -125. The lowest BCUT2D eigenvalue weighted by molar-refractivity contribution is -0.510. The maximum Gasteiger partial charge on any atom is 0.460 e. The molecule has 290 valence electrons. The lowest BCUT2D eigenvalue weighted by atomic mass is 9.58. The zero-order valence-electron chi connectivity index (χ0n) is 20.7. The summed E-state index contributed by atoms with van der Waals surface area (Å²) >= 11 is 0. The van der Waals surface area contributed by atoms with Gasteiger partial charge in [-0.3, -0.25) is 0 Å². The summed E-state index contributed by atoms with van der Waals surface area (Å²) in [6.07, 6.45) is -8.57. The summed E-state index contributed by atoms with van der Waals surface area (Å²) in [6, 6.07) is -10.3. The third-order valence-electron chi connectivity index (χ3n) is 7.87. The highest BCUT2D eigenvalue weighted by Crippen LogP contribution is 2.86. The van der Waals surface area contributed by atoms with Crippen LogP contribution in [0.4, 0.5) is 136 Å². The van der Waals surface area contributed by atoms with Gasteiger partial charge in [0.15, 0.2) is 0 Å². The first kappa shape index (κ1) is 41.2. The predicted octanol–water partition coefficient (Wildman–Crippen LogP) is 9.22. The number of rotatable bonds is 4. The van der Waals surface area contributed by atoms with E-state index in [-0.39, 0.29) is 0 Å². The van der Waals surface area contributed by atoms with Crippen LogP contribution < -0.4 is 0 Å². The summed E-state index contributed by atoms with van der Waals surface area (Å²) in [5.41, 5.74) is -20.2. The van der Waals surface area contributed by atoms with Crippen molar-refractivity contribution in [3.8, 4) is 0 Å². The molecule has 0 aromatic carbocycles. The fraction of sp³-hybridized carbons (Fsp3) is 1.00. The minimum absolute atomic E-state index is 6.11. The Balaban J connectivity index is 2.87. The minimum atomic E-state index is -10.3. The predicted molar refractivity (Wildman–Crippen MR) is 82.6 cm³/mol. The topological polar surface area (TPSA) is 3.24 Å². The third-order valence-corrected chi connectivity index (χ3v) is 7.87. The molecule has 0 bridgehead atoms. The van der Waals surface area contributed by atoms with E-state index in [0.717, 1.165) is 0 Å². The molecule has 0 aromatic rings. The van der Waals surface area contributed by atoms with Gasteiger partial charge in [0, 0.05) is 0 Å². The molecule has 4 atom stereocenters. The first-order chi connectivity index (χ1) is 20.6. The maximum atomic E-state index is 15.8. The normalized spacial score (nSPS) is 39.2. The van der Waals surface area contributed by atoms with Gasteiger partial charge in [0.2, 0.25) is 0 Å². The summed E-state index contributed by atoms with van der Waals surface area (Å²) in [6.45, 7) is 0. The van der Waals surface area contributed by atoms with Crippen molar-refractivity contribution in [1.29, 1.82) is 0 Å². The van der Waals surface area contributed by atoms with Gasteiger partial charge in [-0.1, -0.05) is 0 Å². The van der Waals surface area contributed by atoms with Crippen molar-refractivity contribution < 1.29 is 136 Å². The first-order valence-electron chi connectivity index (χ1n) is 10.8. The zero-order chi connectivity index (χ0) is 40.1. The molecule has 1 saturated heterocycles. The Morgan fingerprint density at radius 1 is 0.265 bits per heavy atom. The van der Waals surface area contributed by atoms with Crippen molar-refractivity contribution in [2.24, 2.45) is 0 Å². The summed E-state index contributed by atoms with van der Waals surface area (Å²) in [7, 11) is 0. The first-order valence-corrected chi connectivity index (χ1v) is 10.8. The van der Waals surface area contributed by atoms with Crippen LogP contribution in [0.5, 0.6) is 0 Å². The minimum Gasteiger partial charge on any atom is -0.227 e. The van der Waals surface area contributed by atoms with Gasteiger partial charge in [-0.05, 0) is 0 Å². The number of fused-ring (bicyclic) bond motifs is 3. The van der Waals surface area contributed by atoms with Gasteiger partial charge in [0.1, 0.15) is 0 Å². The number of nitrogens with zero attached hydrogens (tertiary/aromatic N) is 1. The fourth-order valence-corrected chi connectivity index (χ4v) is 5.27. The van der Waals surface area contributed by atoms with Crippen LogP contribution in [-0.2, 0) is 0 Å². The van der Waals surface area contributed by atoms with Crippen molar-refractivity contribution in [2.45, 2.75) is 100 Å². The van der Waals surface area contributed by atoms with E-state index in [0.29, 0.717) is 0 Å². The van der Waals surface area contributed by atoms with Crippen LogP contribution in [0.1, 0.15) is 0 Å². The highest BCUT2D eigenvalue weighted by atomic mass is 19.4. The highest BCUT2D eigenvalue weighted by molar-refractivity contribution is 5.49. The smallest absolute Gasteiger partial charge is 0.227 e. The highest BCUT2D eigenvalue weighted by Gasteiger charge is 3.20. The largest absolute Gasteiger partial charge is 0.460 e. The third kappa shape index (κ3) is 3.08. The summed E-state index contributed by atoms with van der Waals surface area (Å²) in [4.78, 5) is -6.11. The molecular weight excluding hydrogens is 807 g/mol. The molecule has 32 heteroatoms. The van der Waals surface area contributed by atoms with Crippen LogP contribution in [0.3, 0.4) is 0 Å². The van der Waals surface area contributed by atoms with Crippen LogP contribution >= 0.6 is 0 Å². The van der Waals surface area contributed by atoms with Crippen LogP contribution in [-0.4, -0.2) is 105 Å². The van der Waals surface area contributed by atoms with Gasteiger partial charge >= 0.3 is 77.4 Å². The van der Waals surface area contributed by atoms with E-state index >= 15 is 17.6 Å². The molecule has 3 aliphatic rings. The Morgan fingerprint density at radius 2 is 0.490 bits per heavy atom. The number of likely N-dealkylation sites (tertiary alicyclic amines) is 1. The van der Waals surface area contributed by atoms with Crippen LogP contribution in [0, 0.1) is 0 Å². The molecule has 2 aliphatic carbocycles. The summed E-state index contributed by atoms with van der Waals surface area (Å²) in [5, 5.41) is 0. The molecule has 4 unspecified atom stereocenters. The maximum absolute atomic E-state index is 15.8. The van der Waals surface area contributed by atoms with Gasteiger partial charge in [-0.15, -0.1) is 0 Å². The van der Waals surface area contributed by atoms with Crippen LogP contribution in [0.2, 0.25) is 0 Å². The Labute approximate surface area is 242 Å². The Bertz CT molecular complexity index is 1330. The molecule has 3 fully saturated rings. The quantitative estimate of drug-likeness (QED) is 0.203. The second kappa shape index (κ2) is 8.69. The number of hydrogen-bond donors (Lipinski definition) is 0. The molecule has 49 heavy (non-hydrogen) atoms. The van der Waals surface area contributed by atoms with E-state index in [2.05, 4.69) is 0 Å². The molecule has 0 spiro atoms. The average Bonchev–Trinajstić information content (AvgIpc) is 3.02. The standard InChI is InChI=1S/C17F31N/c18-1-2(19)4(22,23)6(26,27)8(30,31)11(36,37)15(2,43)49(14(1,42)10(34,35)7(28,29)5(24,25)3(1,20)21)17(47,48)13(40,41)9(32,33)12(38,39)16(44,45)46. The van der Waals surface area contributed by atoms with Crippen molar-refractivity contribution in [1.82, 2.24) is 4.90 Å². The van der Waals surface area contributed by atoms with Crippen molar-refractivity contribution in [2.75, 3.05) is 0 Å². The second-order valence-electron chi connectivity index (χ2n) is 10.3. The van der Waals surface area contributed by atoms with Crippen molar-refractivity contribution >= 4 is 0 Å². The van der Waals surface area contributed by atoms with Crippen LogP contribution in [0.25, 0.3) is 0 Å². The van der Waals surface area contributed by atoms with E-state index < -0.39 is 105 Å². The van der Waals surface area contributed by atoms with E-state index in [1.807, 2.05) is 0 Å². The molecule has 0 radical (unpaired) electrons. The van der Waals surface area contributed by atoms with Gasteiger partial charge < -0.3 is 0 Å². The van der Waals surface area contributed by atoms with Crippen molar-refractivity contribution in [3.05, 3.63) is 0 Å². The average molecular weight is 807 g/mol. The molecular formula is C17F31N. The number of halogens is 31. The Morgan fingerprint density at radius 3 is 0.714 bits per heavy atom. The lowest BCUT2D eigenvalue weighted by Crippen LogP contribution is -2.92. The monoisotopic (exact) mass is 807 g/mol. The molecule has 2 saturated carbocycles. The zero-order valence-corrected chi connectivity index (χ0v) is 20.7. The van der Waals surface area contributed by atoms with Crippen molar-refractivity contribution in [3.63, 3.8) is 0 Å². The second-order valence-corrected chi connectivity index (χ2v) is 10.3. The fourth-order valence-electron chi connectivity index (χ4n) is 5.27. The Hall–Kier alpha value is -2.21. The van der Waals surface area contributed by atoms with Gasteiger partial charge in [0.05, 0.1) is 0 Å². The summed E-state index contributed by atoms with van der Waals surface area (Å²) < 4.78 is 442. The Kier molecular flexibility index (Phi) is 7.31. The van der Waals surface area contributed by atoms with Gasteiger partial charge in [-0.2, -0.15) is 123 Å². The number of alkyl halides is 31. The molecule has 3 rings (SSSR count). The lowest BCUT2D eigenvalue weighted by Gasteiger charge is -2.58. The van der Waals surface area contributed by atoms with Gasteiger partial charge in [-0.25, -0.2) is 17.6 Å². The molecule has 0 aromatic heterocycles. The number of hydrogen-bond acceptors (Lipinski definition) is 1. The van der Waals surface area contributed by atoms with E-state index in [9.17, 15) is 119 Å². The molecule has 1 aliphatic heterocycles. The van der Waals surface area contributed by atoms with E-state index in [1.165, 1.54) is 0 Å².